The fraction of sp³-hybridized carbons (Fsp3) is 0.971. The smallest absolute Gasteiger partial charge is 0.391 e. The molecule has 0 saturated carbocycles. The third-order valence-electron chi connectivity index (χ3n) is 8.11. The minimum Gasteiger partial charge on any atom is -0.391 e. The maximum absolute atomic E-state index is 12.7. The summed E-state index contributed by atoms with van der Waals surface area (Å²) in [5.41, 5.74) is 0. The Kier molecular flexibility index (Phi) is 27.5. The van der Waals surface area contributed by atoms with Crippen LogP contribution in [-0.2, 0) is 18.4 Å². The van der Waals surface area contributed by atoms with Crippen LogP contribution in [0.3, 0.4) is 0 Å². The van der Waals surface area contributed by atoms with Crippen molar-refractivity contribution in [3.63, 3.8) is 0 Å². The van der Waals surface area contributed by atoms with Crippen LogP contribution in [0.15, 0.2) is 0 Å². The van der Waals surface area contributed by atoms with Gasteiger partial charge in [0, 0.05) is 6.42 Å². The number of rotatable bonds is 32. The molecule has 0 aromatic carbocycles. The van der Waals surface area contributed by atoms with Gasteiger partial charge >= 0.3 is 7.82 Å². The molecular weight excluding hydrogens is 563 g/mol. The molecule has 3 N–H and O–H groups in total. The molecular formula is C34H72N2O6P+. The minimum atomic E-state index is -4.29. The van der Waals surface area contributed by atoms with Crippen LogP contribution in [0.2, 0.25) is 0 Å². The molecule has 0 radical (unpaired) electrons. The second kappa shape index (κ2) is 27.8. The number of carbonyl (C=O) groups excluding carboxylic acids is 1. The van der Waals surface area contributed by atoms with Gasteiger partial charge in [0.1, 0.15) is 13.2 Å². The largest absolute Gasteiger partial charge is 0.472 e. The second-order valence-electron chi connectivity index (χ2n) is 13.6. The van der Waals surface area contributed by atoms with Crippen molar-refractivity contribution in [3.05, 3.63) is 0 Å². The average molecular weight is 636 g/mol. The van der Waals surface area contributed by atoms with Crippen LogP contribution in [0.25, 0.3) is 0 Å². The Morgan fingerprint density at radius 2 is 1.12 bits per heavy atom. The van der Waals surface area contributed by atoms with E-state index < -0.39 is 20.0 Å². The molecule has 0 fully saturated rings. The van der Waals surface area contributed by atoms with Gasteiger partial charge in [0.2, 0.25) is 5.91 Å². The first kappa shape index (κ1) is 42.5. The van der Waals surface area contributed by atoms with Gasteiger partial charge in [0.25, 0.3) is 0 Å². The zero-order chi connectivity index (χ0) is 32.2. The van der Waals surface area contributed by atoms with Gasteiger partial charge in [0.05, 0.1) is 39.9 Å². The van der Waals surface area contributed by atoms with E-state index >= 15 is 0 Å². The molecule has 3 atom stereocenters. The number of hydrogen-bond donors (Lipinski definition) is 3. The molecule has 0 aliphatic heterocycles. The summed E-state index contributed by atoms with van der Waals surface area (Å²) in [5, 5.41) is 13.8. The normalized spacial score (nSPS) is 14.9. The molecule has 9 heteroatoms. The van der Waals surface area contributed by atoms with E-state index in [1.54, 1.807) is 0 Å². The first-order chi connectivity index (χ1) is 20.5. The summed E-state index contributed by atoms with van der Waals surface area (Å²) in [6.07, 6.45) is 25.5. The molecule has 8 nitrogen and oxygen atoms in total. The molecule has 0 aromatic heterocycles. The van der Waals surface area contributed by atoms with Gasteiger partial charge in [-0.1, -0.05) is 142 Å². The lowest BCUT2D eigenvalue weighted by atomic mass is 10.0. The number of phosphoric ester groups is 1. The van der Waals surface area contributed by atoms with E-state index in [-0.39, 0.29) is 19.1 Å². The lowest BCUT2D eigenvalue weighted by molar-refractivity contribution is -0.870. The molecule has 258 valence electrons. The third kappa shape index (κ3) is 29.9. The molecule has 0 heterocycles. The van der Waals surface area contributed by atoms with E-state index in [4.69, 9.17) is 9.05 Å². The number of carbonyl (C=O) groups is 1. The minimum absolute atomic E-state index is 0.0777. The molecule has 43 heavy (non-hydrogen) atoms. The number of aliphatic hydroxyl groups is 1. The molecule has 0 rings (SSSR count). The number of quaternary nitrogens is 1. The zero-order valence-electron chi connectivity index (χ0n) is 29.0. The van der Waals surface area contributed by atoms with Crippen LogP contribution >= 0.6 is 7.82 Å². The van der Waals surface area contributed by atoms with Crippen molar-refractivity contribution in [2.75, 3.05) is 40.9 Å². The van der Waals surface area contributed by atoms with Crippen molar-refractivity contribution >= 4 is 13.7 Å². The molecule has 0 aromatic rings. The fourth-order valence-electron chi connectivity index (χ4n) is 5.16. The van der Waals surface area contributed by atoms with Crippen molar-refractivity contribution in [2.24, 2.45) is 0 Å². The van der Waals surface area contributed by atoms with Crippen LogP contribution in [0.1, 0.15) is 162 Å². The van der Waals surface area contributed by atoms with Crippen molar-refractivity contribution < 1.29 is 32.9 Å². The number of nitrogens with zero attached hydrogens (tertiary/aromatic N) is 1. The fourth-order valence-corrected chi connectivity index (χ4v) is 5.90. The van der Waals surface area contributed by atoms with E-state index in [0.29, 0.717) is 23.9 Å². The summed E-state index contributed by atoms with van der Waals surface area (Å²) in [6, 6.07) is -0.749. The van der Waals surface area contributed by atoms with Gasteiger partial charge in [-0.3, -0.25) is 13.8 Å². The van der Waals surface area contributed by atoms with Gasteiger partial charge in [-0.25, -0.2) is 4.57 Å². The number of aliphatic hydroxyl groups excluding tert-OH is 1. The average Bonchev–Trinajstić information content (AvgIpc) is 2.94. The number of amides is 1. The van der Waals surface area contributed by atoms with Gasteiger partial charge in [-0.2, -0.15) is 0 Å². The third-order valence-corrected chi connectivity index (χ3v) is 9.09. The first-order valence-electron chi connectivity index (χ1n) is 17.9. The maximum atomic E-state index is 12.7. The van der Waals surface area contributed by atoms with E-state index in [2.05, 4.69) is 19.2 Å². The predicted octanol–water partition coefficient (Wildman–Crippen LogP) is 8.68. The number of hydrogen-bond acceptors (Lipinski definition) is 5. The summed E-state index contributed by atoms with van der Waals surface area (Å²) in [5.74, 6) is -0.148. The highest BCUT2D eigenvalue weighted by molar-refractivity contribution is 7.47. The van der Waals surface area contributed by atoms with Crippen LogP contribution in [-0.4, -0.2) is 73.4 Å². The summed E-state index contributed by atoms with van der Waals surface area (Å²) < 4.78 is 23.4. The number of nitrogens with one attached hydrogen (secondary N) is 1. The van der Waals surface area contributed by atoms with Crippen molar-refractivity contribution in [1.82, 2.24) is 5.32 Å². The highest BCUT2D eigenvalue weighted by atomic mass is 31.2. The topological polar surface area (TPSA) is 105 Å². The molecule has 1 amide bonds. The molecule has 0 aliphatic carbocycles. The number of phosphoric acid groups is 1. The van der Waals surface area contributed by atoms with E-state index in [1.807, 2.05) is 21.1 Å². The predicted molar refractivity (Wildman–Crippen MR) is 180 cm³/mol. The Morgan fingerprint density at radius 3 is 1.56 bits per heavy atom. The zero-order valence-corrected chi connectivity index (χ0v) is 29.9. The van der Waals surface area contributed by atoms with Gasteiger partial charge < -0.3 is 19.8 Å². The van der Waals surface area contributed by atoms with Gasteiger partial charge in [-0.15, -0.1) is 0 Å². The highest BCUT2D eigenvalue weighted by Gasteiger charge is 2.28. The van der Waals surface area contributed by atoms with Crippen molar-refractivity contribution in [1.29, 1.82) is 0 Å². The summed E-state index contributed by atoms with van der Waals surface area (Å²) in [7, 11) is 1.62. The van der Waals surface area contributed by atoms with Gasteiger partial charge in [-0.05, 0) is 12.8 Å². The SMILES string of the molecule is CCCCCCCCCCCCCC(=O)N[C@@H](COP(=O)(O)OCC[N+](C)(C)C)[C@H](O)CCCCCCCCCCCC. The Bertz CT molecular complexity index is 688. The maximum Gasteiger partial charge on any atom is 0.472 e. The van der Waals surface area contributed by atoms with Crippen LogP contribution in [0.4, 0.5) is 0 Å². The van der Waals surface area contributed by atoms with E-state index in [1.165, 1.54) is 96.3 Å². The highest BCUT2D eigenvalue weighted by Crippen LogP contribution is 2.43. The molecule has 0 bridgehead atoms. The van der Waals surface area contributed by atoms with E-state index in [9.17, 15) is 19.4 Å². The first-order valence-corrected chi connectivity index (χ1v) is 19.4. The number of unbranched alkanes of at least 4 members (excludes halogenated alkanes) is 19. The van der Waals surface area contributed by atoms with Crippen LogP contribution in [0.5, 0.6) is 0 Å². The summed E-state index contributed by atoms with van der Waals surface area (Å²) in [6.45, 7) is 4.84. The Morgan fingerprint density at radius 1 is 0.698 bits per heavy atom. The Hall–Kier alpha value is -0.500. The second-order valence-corrected chi connectivity index (χ2v) is 15.1. The Balaban J connectivity index is 4.50. The van der Waals surface area contributed by atoms with Gasteiger partial charge in [0.15, 0.2) is 0 Å². The molecule has 0 saturated heterocycles. The molecule has 0 spiro atoms. The monoisotopic (exact) mass is 636 g/mol. The van der Waals surface area contributed by atoms with Crippen LogP contribution < -0.4 is 5.32 Å². The molecule has 0 aliphatic rings. The van der Waals surface area contributed by atoms with E-state index in [0.717, 1.165) is 38.5 Å². The standard InChI is InChI=1S/C34H71N2O6P/c1-6-8-10-12-14-16-18-20-22-24-26-28-34(38)35-32(31-42-43(39,40)41-30-29-36(3,4)5)33(37)27-25-23-21-19-17-15-13-11-9-7-2/h32-33,37H,6-31H2,1-5H3,(H-,35,38,39,40)/p+1/t32-,33+/m0/s1. The molecule has 1 unspecified atom stereocenters. The lowest BCUT2D eigenvalue weighted by Gasteiger charge is -2.26. The lowest BCUT2D eigenvalue weighted by Crippen LogP contribution is -2.46. The summed E-state index contributed by atoms with van der Waals surface area (Å²) >= 11 is 0. The van der Waals surface area contributed by atoms with Crippen LogP contribution in [0, 0.1) is 0 Å². The van der Waals surface area contributed by atoms with Crippen molar-refractivity contribution in [3.8, 4) is 0 Å². The summed E-state index contributed by atoms with van der Waals surface area (Å²) in [4.78, 5) is 22.9. The Labute approximate surface area is 266 Å². The quantitative estimate of drug-likeness (QED) is 0.0388. The number of likely N-dealkylation sites (N-methyl/N-ethyl adjacent to an activating group) is 1. The van der Waals surface area contributed by atoms with Crippen molar-refractivity contribution in [2.45, 2.75) is 174 Å².